The Morgan fingerprint density at radius 3 is 2.88 bits per heavy atom. The van der Waals surface area contributed by atoms with E-state index in [4.69, 9.17) is 4.98 Å². The highest BCUT2D eigenvalue weighted by molar-refractivity contribution is 8.00. The number of piperidine rings is 1. The van der Waals surface area contributed by atoms with Crippen LogP contribution in [-0.2, 0) is 11.3 Å². The van der Waals surface area contributed by atoms with Gasteiger partial charge < -0.3 is 10.2 Å². The van der Waals surface area contributed by atoms with Gasteiger partial charge in [0, 0.05) is 54.5 Å². The van der Waals surface area contributed by atoms with Gasteiger partial charge in [0.05, 0.1) is 17.6 Å². The first-order valence-corrected chi connectivity index (χ1v) is 12.6. The van der Waals surface area contributed by atoms with Gasteiger partial charge in [-0.15, -0.1) is 11.8 Å². The summed E-state index contributed by atoms with van der Waals surface area (Å²) in [5.41, 5.74) is 4.00. The number of fused-ring (bicyclic) bond motifs is 1. The molecule has 1 aliphatic heterocycles. The van der Waals surface area contributed by atoms with E-state index in [2.05, 4.69) is 21.5 Å². The van der Waals surface area contributed by atoms with E-state index in [0.29, 0.717) is 18.8 Å². The van der Waals surface area contributed by atoms with E-state index in [9.17, 15) is 4.79 Å². The predicted molar refractivity (Wildman–Crippen MR) is 135 cm³/mol. The van der Waals surface area contributed by atoms with Crippen LogP contribution in [-0.4, -0.2) is 49.2 Å². The second-order valence-corrected chi connectivity index (χ2v) is 9.67. The number of rotatable bonds is 7. The molecular weight excluding hydrogens is 444 g/mol. The Kier molecular flexibility index (Phi) is 6.76. The molecule has 1 unspecified atom stereocenters. The Morgan fingerprint density at radius 2 is 2.06 bits per heavy atom. The molecule has 1 fully saturated rings. The monoisotopic (exact) mass is 472 g/mol. The lowest BCUT2D eigenvalue weighted by Crippen LogP contribution is -2.40. The molecular formula is C26H28N6OS. The first-order chi connectivity index (χ1) is 16.7. The average Bonchev–Trinajstić information content (AvgIpc) is 3.28. The van der Waals surface area contributed by atoms with E-state index in [1.54, 1.807) is 18.0 Å². The Hall–Kier alpha value is -3.39. The first-order valence-electron chi connectivity index (χ1n) is 11.6. The lowest BCUT2D eigenvalue weighted by molar-refractivity contribution is -0.129. The van der Waals surface area contributed by atoms with Crippen LogP contribution in [0.3, 0.4) is 0 Å². The van der Waals surface area contributed by atoms with Crippen LogP contribution < -0.4 is 5.32 Å². The van der Waals surface area contributed by atoms with E-state index in [0.717, 1.165) is 52.6 Å². The van der Waals surface area contributed by atoms with Gasteiger partial charge in [0.1, 0.15) is 5.82 Å². The lowest BCUT2D eigenvalue weighted by Gasteiger charge is -2.32. The maximum absolute atomic E-state index is 13.0. The number of benzene rings is 1. The number of anilines is 1. The third kappa shape index (κ3) is 5.07. The molecule has 5 rings (SSSR count). The van der Waals surface area contributed by atoms with E-state index in [1.165, 1.54) is 0 Å². The zero-order chi connectivity index (χ0) is 23.3. The van der Waals surface area contributed by atoms with Crippen molar-refractivity contribution < 1.29 is 4.79 Å². The molecule has 0 radical (unpaired) electrons. The Balaban J connectivity index is 1.32. The Morgan fingerprint density at radius 1 is 1.18 bits per heavy atom. The van der Waals surface area contributed by atoms with Crippen LogP contribution in [0.5, 0.6) is 0 Å². The molecule has 1 aromatic carbocycles. The van der Waals surface area contributed by atoms with E-state index >= 15 is 0 Å². The molecule has 7 nitrogen and oxygen atoms in total. The number of hydrogen-bond acceptors (Lipinski definition) is 6. The van der Waals surface area contributed by atoms with E-state index in [-0.39, 0.29) is 11.8 Å². The van der Waals surface area contributed by atoms with Gasteiger partial charge >= 0.3 is 0 Å². The smallest absolute Gasteiger partial charge is 0.232 e. The van der Waals surface area contributed by atoms with Crippen molar-refractivity contribution in [2.45, 2.75) is 37.1 Å². The van der Waals surface area contributed by atoms with Crippen LogP contribution >= 0.6 is 11.8 Å². The number of carbonyl (C=O) groups excluding carboxylic acids is 1. The number of aryl methyl sites for hydroxylation is 1. The standard InChI is InChI=1S/C26H28N6OS/c1-19-14-29-32-24(28-16-20-7-5-11-27-15-20)13-23(30-26(19)32)21-8-6-12-31(17-21)25(33)18-34-22-9-3-2-4-10-22/h2-5,7,9-11,13-15,21,28H,6,8,12,16-18H2,1H3. The van der Waals surface area contributed by atoms with Gasteiger partial charge in [-0.25, -0.2) is 4.98 Å². The number of thioether (sulfide) groups is 1. The maximum atomic E-state index is 13.0. The second kappa shape index (κ2) is 10.3. The van der Waals surface area contributed by atoms with Crippen LogP contribution in [0.1, 0.15) is 35.6 Å². The van der Waals surface area contributed by atoms with Gasteiger partial charge in [-0.3, -0.25) is 9.78 Å². The highest BCUT2D eigenvalue weighted by Crippen LogP contribution is 2.29. The molecule has 174 valence electrons. The van der Waals surface area contributed by atoms with Crippen molar-refractivity contribution in [3.8, 4) is 0 Å². The molecule has 1 aliphatic rings. The highest BCUT2D eigenvalue weighted by atomic mass is 32.2. The fraction of sp³-hybridized carbons (Fsp3) is 0.308. The molecule has 1 N–H and O–H groups in total. The van der Waals surface area contributed by atoms with Crippen molar-refractivity contribution in [1.82, 2.24) is 24.5 Å². The number of amides is 1. The van der Waals surface area contributed by atoms with E-state index in [1.807, 2.05) is 71.2 Å². The molecule has 34 heavy (non-hydrogen) atoms. The molecule has 0 spiro atoms. The molecule has 8 heteroatoms. The normalized spacial score (nSPS) is 16.0. The van der Waals surface area contributed by atoms with Gasteiger partial charge in [-0.05, 0) is 43.5 Å². The number of aromatic nitrogens is 4. The number of carbonyl (C=O) groups is 1. The summed E-state index contributed by atoms with van der Waals surface area (Å²) < 4.78 is 1.86. The Labute approximate surface area is 203 Å². The minimum absolute atomic E-state index is 0.190. The van der Waals surface area contributed by atoms with Crippen molar-refractivity contribution in [3.05, 3.63) is 83.9 Å². The molecule has 0 saturated carbocycles. The van der Waals surface area contributed by atoms with Crippen LogP contribution in [0.2, 0.25) is 0 Å². The van der Waals surface area contributed by atoms with Crippen molar-refractivity contribution >= 4 is 29.1 Å². The summed E-state index contributed by atoms with van der Waals surface area (Å²) in [7, 11) is 0. The number of pyridine rings is 1. The number of likely N-dealkylation sites (tertiary alicyclic amines) is 1. The number of nitrogens with zero attached hydrogens (tertiary/aromatic N) is 5. The van der Waals surface area contributed by atoms with Gasteiger partial charge in [0.15, 0.2) is 5.65 Å². The minimum atomic E-state index is 0.190. The summed E-state index contributed by atoms with van der Waals surface area (Å²) in [6, 6.07) is 16.2. The summed E-state index contributed by atoms with van der Waals surface area (Å²) in [6.45, 7) is 4.19. The quantitative estimate of drug-likeness (QED) is 0.398. The number of nitrogens with one attached hydrogen (secondary N) is 1. The first kappa shape index (κ1) is 22.4. The summed E-state index contributed by atoms with van der Waals surface area (Å²) in [6.07, 6.45) is 7.49. The third-order valence-electron chi connectivity index (χ3n) is 6.16. The largest absolute Gasteiger partial charge is 0.366 e. The van der Waals surface area contributed by atoms with Crippen molar-refractivity contribution in [3.63, 3.8) is 0 Å². The molecule has 3 aromatic heterocycles. The van der Waals surface area contributed by atoms with E-state index < -0.39 is 0 Å². The minimum Gasteiger partial charge on any atom is -0.366 e. The highest BCUT2D eigenvalue weighted by Gasteiger charge is 2.26. The second-order valence-electron chi connectivity index (χ2n) is 8.62. The average molecular weight is 473 g/mol. The van der Waals surface area contributed by atoms with Gasteiger partial charge in [-0.1, -0.05) is 24.3 Å². The summed E-state index contributed by atoms with van der Waals surface area (Å²) in [4.78, 5) is 25.2. The molecule has 1 atom stereocenters. The van der Waals surface area contributed by atoms with Crippen molar-refractivity contribution in [1.29, 1.82) is 0 Å². The molecule has 4 aromatic rings. The van der Waals surface area contributed by atoms with Gasteiger partial charge in [-0.2, -0.15) is 9.61 Å². The summed E-state index contributed by atoms with van der Waals surface area (Å²) >= 11 is 1.60. The summed E-state index contributed by atoms with van der Waals surface area (Å²) in [5, 5.41) is 8.03. The lowest BCUT2D eigenvalue weighted by atomic mass is 9.94. The topological polar surface area (TPSA) is 75.4 Å². The van der Waals surface area contributed by atoms with Crippen molar-refractivity contribution in [2.75, 3.05) is 24.2 Å². The van der Waals surface area contributed by atoms with Gasteiger partial charge in [0.25, 0.3) is 0 Å². The molecule has 4 heterocycles. The Bertz CT molecular complexity index is 1260. The zero-order valence-electron chi connectivity index (χ0n) is 19.2. The van der Waals surface area contributed by atoms with Gasteiger partial charge in [0.2, 0.25) is 5.91 Å². The fourth-order valence-corrected chi connectivity index (χ4v) is 5.14. The van der Waals surface area contributed by atoms with Crippen LogP contribution in [0, 0.1) is 6.92 Å². The predicted octanol–water partition coefficient (Wildman–Crippen LogP) is 4.54. The SMILES string of the molecule is Cc1cnn2c(NCc3cccnc3)cc(C3CCCN(C(=O)CSc4ccccc4)C3)nc12. The fourth-order valence-electron chi connectivity index (χ4n) is 4.32. The van der Waals surface area contributed by atoms with Crippen molar-refractivity contribution in [2.24, 2.45) is 0 Å². The van der Waals surface area contributed by atoms with Crippen LogP contribution in [0.4, 0.5) is 5.82 Å². The zero-order valence-corrected chi connectivity index (χ0v) is 20.0. The van der Waals surface area contributed by atoms with Crippen LogP contribution in [0.15, 0.2) is 72.0 Å². The molecule has 1 amide bonds. The molecule has 0 bridgehead atoms. The summed E-state index contributed by atoms with van der Waals surface area (Å²) in [5.74, 6) is 1.76. The molecule has 1 saturated heterocycles. The maximum Gasteiger partial charge on any atom is 0.232 e. The molecule has 0 aliphatic carbocycles. The third-order valence-corrected chi connectivity index (χ3v) is 7.16. The number of hydrogen-bond donors (Lipinski definition) is 1. The van der Waals surface area contributed by atoms with Crippen LogP contribution in [0.25, 0.3) is 5.65 Å².